The SMILES string of the molecule is COc1ccc(-c2cnc(C3CC(=O)N(C(C)C)C3)[nH]2)c(OC)c1OC.O=C(O)C(F)(F)F. The number of carbonyl (C=O) groups is 2. The van der Waals surface area contributed by atoms with Gasteiger partial charge in [0.25, 0.3) is 0 Å². The summed E-state index contributed by atoms with van der Waals surface area (Å²) in [7, 11) is 4.75. The second-order valence-corrected chi connectivity index (χ2v) is 7.41. The Labute approximate surface area is 188 Å². The summed E-state index contributed by atoms with van der Waals surface area (Å²) in [5.41, 5.74) is 1.64. The first kappa shape index (κ1) is 25.8. The van der Waals surface area contributed by atoms with Crippen LogP contribution in [0.2, 0.25) is 0 Å². The number of alkyl halides is 3. The lowest BCUT2D eigenvalue weighted by molar-refractivity contribution is -0.192. The van der Waals surface area contributed by atoms with Crippen molar-refractivity contribution in [1.82, 2.24) is 14.9 Å². The van der Waals surface area contributed by atoms with Crippen molar-refractivity contribution >= 4 is 11.9 Å². The number of carboxylic acids is 1. The van der Waals surface area contributed by atoms with E-state index in [1.807, 2.05) is 30.9 Å². The third-order valence-electron chi connectivity index (χ3n) is 5.00. The van der Waals surface area contributed by atoms with Gasteiger partial charge < -0.3 is 29.2 Å². The Morgan fingerprint density at radius 1 is 1.18 bits per heavy atom. The van der Waals surface area contributed by atoms with Gasteiger partial charge in [-0.2, -0.15) is 13.2 Å². The second-order valence-electron chi connectivity index (χ2n) is 7.41. The number of aromatic nitrogens is 2. The number of halogens is 3. The van der Waals surface area contributed by atoms with Gasteiger partial charge in [-0.05, 0) is 26.0 Å². The quantitative estimate of drug-likeness (QED) is 0.661. The van der Waals surface area contributed by atoms with Crippen molar-refractivity contribution in [3.8, 4) is 28.5 Å². The first-order chi connectivity index (χ1) is 15.4. The predicted molar refractivity (Wildman–Crippen MR) is 112 cm³/mol. The van der Waals surface area contributed by atoms with Crippen molar-refractivity contribution in [3.05, 3.63) is 24.2 Å². The monoisotopic (exact) mass is 473 g/mol. The minimum Gasteiger partial charge on any atom is -0.493 e. The number of imidazole rings is 1. The van der Waals surface area contributed by atoms with E-state index in [1.165, 1.54) is 0 Å². The molecule has 2 heterocycles. The number of carboxylic acid groups (broad SMARTS) is 1. The smallest absolute Gasteiger partial charge is 0.490 e. The van der Waals surface area contributed by atoms with Crippen LogP contribution in [0, 0.1) is 0 Å². The van der Waals surface area contributed by atoms with E-state index in [9.17, 15) is 18.0 Å². The summed E-state index contributed by atoms with van der Waals surface area (Å²) in [6.45, 7) is 4.75. The van der Waals surface area contributed by atoms with Gasteiger partial charge in [-0.15, -0.1) is 0 Å². The van der Waals surface area contributed by atoms with E-state index >= 15 is 0 Å². The van der Waals surface area contributed by atoms with Crippen molar-refractivity contribution in [3.63, 3.8) is 0 Å². The standard InChI is InChI=1S/C19H25N3O4.C2HF3O2/c1-11(2)22-10-12(8-16(22)23)19-20-9-14(21-19)13-6-7-15(24-3)18(26-5)17(13)25-4;3-2(4,5)1(6)7/h6-7,9,11-12H,8,10H2,1-5H3,(H,20,21);(H,6,7). The molecule has 2 aromatic rings. The zero-order valence-electron chi connectivity index (χ0n) is 18.8. The summed E-state index contributed by atoms with van der Waals surface area (Å²) in [6, 6.07) is 3.93. The molecule has 0 saturated carbocycles. The lowest BCUT2D eigenvalue weighted by atomic mass is 10.1. The molecule has 0 radical (unpaired) electrons. The largest absolute Gasteiger partial charge is 0.493 e. The summed E-state index contributed by atoms with van der Waals surface area (Å²) in [5.74, 6) is 0.0121. The van der Waals surface area contributed by atoms with E-state index in [0.717, 1.165) is 17.1 Å². The molecule has 0 aliphatic carbocycles. The van der Waals surface area contributed by atoms with Crippen LogP contribution >= 0.6 is 0 Å². The number of carbonyl (C=O) groups excluding carboxylic acids is 1. The molecule has 12 heteroatoms. The number of ether oxygens (including phenoxy) is 3. The molecule has 1 aliphatic rings. The van der Waals surface area contributed by atoms with Crippen molar-refractivity contribution in [1.29, 1.82) is 0 Å². The van der Waals surface area contributed by atoms with Gasteiger partial charge in [-0.1, -0.05) is 0 Å². The highest BCUT2D eigenvalue weighted by atomic mass is 19.4. The summed E-state index contributed by atoms with van der Waals surface area (Å²) in [5, 5.41) is 7.12. The van der Waals surface area contributed by atoms with Crippen LogP contribution in [0.25, 0.3) is 11.3 Å². The van der Waals surface area contributed by atoms with E-state index < -0.39 is 12.1 Å². The van der Waals surface area contributed by atoms with Crippen LogP contribution in [0.5, 0.6) is 17.2 Å². The third kappa shape index (κ3) is 5.88. The Balaban J connectivity index is 0.000000479. The van der Waals surface area contributed by atoms with Crippen molar-refractivity contribution < 1.29 is 42.1 Å². The highest BCUT2D eigenvalue weighted by Gasteiger charge is 2.38. The van der Waals surface area contributed by atoms with Crippen LogP contribution in [0.1, 0.15) is 32.0 Å². The lowest BCUT2D eigenvalue weighted by Crippen LogP contribution is -2.31. The Bertz CT molecular complexity index is 990. The van der Waals surface area contributed by atoms with Crippen LogP contribution < -0.4 is 14.2 Å². The van der Waals surface area contributed by atoms with Gasteiger partial charge >= 0.3 is 12.1 Å². The van der Waals surface area contributed by atoms with Crippen LogP contribution in [0.3, 0.4) is 0 Å². The maximum Gasteiger partial charge on any atom is 0.490 e. The van der Waals surface area contributed by atoms with Crippen LogP contribution in [-0.4, -0.2) is 71.9 Å². The summed E-state index contributed by atoms with van der Waals surface area (Å²) >= 11 is 0. The molecule has 182 valence electrons. The number of nitrogens with one attached hydrogen (secondary N) is 1. The summed E-state index contributed by atoms with van der Waals surface area (Å²) in [6.07, 6.45) is -2.84. The third-order valence-corrected chi connectivity index (χ3v) is 5.00. The van der Waals surface area contributed by atoms with Crippen LogP contribution in [-0.2, 0) is 9.59 Å². The number of amides is 1. The predicted octanol–water partition coefficient (Wildman–Crippen LogP) is 3.46. The van der Waals surface area contributed by atoms with Crippen molar-refractivity contribution in [2.24, 2.45) is 0 Å². The number of aliphatic carboxylic acids is 1. The normalized spacial score (nSPS) is 15.8. The first-order valence-corrected chi connectivity index (χ1v) is 9.88. The average molecular weight is 473 g/mol. The Morgan fingerprint density at radius 2 is 1.79 bits per heavy atom. The molecule has 1 saturated heterocycles. The second kappa shape index (κ2) is 10.5. The Hall–Kier alpha value is -3.44. The Kier molecular flexibility index (Phi) is 8.18. The molecule has 1 amide bonds. The number of nitrogens with zero attached hydrogens (tertiary/aromatic N) is 2. The van der Waals surface area contributed by atoms with Gasteiger partial charge in [0, 0.05) is 30.5 Å². The molecule has 1 atom stereocenters. The number of hydrogen-bond donors (Lipinski definition) is 2. The van der Waals surface area contributed by atoms with Gasteiger partial charge in [0.2, 0.25) is 11.7 Å². The van der Waals surface area contributed by atoms with Gasteiger partial charge in [0.1, 0.15) is 5.82 Å². The molecule has 1 aliphatic heterocycles. The van der Waals surface area contributed by atoms with Crippen LogP contribution in [0.15, 0.2) is 18.3 Å². The fourth-order valence-electron chi connectivity index (χ4n) is 3.41. The number of benzene rings is 1. The van der Waals surface area contributed by atoms with Gasteiger partial charge in [0.05, 0.1) is 33.2 Å². The molecule has 1 fully saturated rings. The summed E-state index contributed by atoms with van der Waals surface area (Å²) < 4.78 is 48.1. The van der Waals surface area contributed by atoms with Gasteiger partial charge in [-0.25, -0.2) is 9.78 Å². The fraction of sp³-hybridized carbons (Fsp3) is 0.476. The zero-order valence-corrected chi connectivity index (χ0v) is 18.8. The molecule has 1 aromatic heterocycles. The van der Waals surface area contributed by atoms with E-state index in [1.54, 1.807) is 27.5 Å². The van der Waals surface area contributed by atoms with Gasteiger partial charge in [0.15, 0.2) is 11.5 Å². The summed E-state index contributed by atoms with van der Waals surface area (Å²) in [4.78, 5) is 30.8. The molecule has 2 N–H and O–H groups in total. The lowest BCUT2D eigenvalue weighted by Gasteiger charge is -2.20. The highest BCUT2D eigenvalue weighted by Crippen LogP contribution is 2.44. The molecule has 0 spiro atoms. The minimum atomic E-state index is -5.08. The maximum absolute atomic E-state index is 12.2. The number of H-pyrrole nitrogens is 1. The molecular weight excluding hydrogens is 447 g/mol. The number of rotatable bonds is 6. The first-order valence-electron chi connectivity index (χ1n) is 9.88. The molecular formula is C21H26F3N3O6. The van der Waals surface area contributed by atoms with E-state index in [-0.39, 0.29) is 17.9 Å². The highest BCUT2D eigenvalue weighted by molar-refractivity contribution is 5.80. The van der Waals surface area contributed by atoms with Crippen LogP contribution in [0.4, 0.5) is 13.2 Å². The molecule has 3 rings (SSSR count). The van der Waals surface area contributed by atoms with Gasteiger partial charge in [-0.3, -0.25) is 4.79 Å². The molecule has 0 bridgehead atoms. The molecule has 1 unspecified atom stereocenters. The number of aromatic amines is 1. The maximum atomic E-state index is 12.2. The van der Waals surface area contributed by atoms with E-state index in [4.69, 9.17) is 24.1 Å². The van der Waals surface area contributed by atoms with Crippen molar-refractivity contribution in [2.75, 3.05) is 27.9 Å². The Morgan fingerprint density at radius 3 is 2.24 bits per heavy atom. The zero-order chi connectivity index (χ0) is 24.9. The fourth-order valence-corrected chi connectivity index (χ4v) is 3.41. The van der Waals surface area contributed by atoms with E-state index in [2.05, 4.69) is 9.97 Å². The molecule has 33 heavy (non-hydrogen) atoms. The number of methoxy groups -OCH3 is 3. The average Bonchev–Trinajstić information content (AvgIpc) is 3.39. The molecule has 9 nitrogen and oxygen atoms in total. The molecule has 1 aromatic carbocycles. The minimum absolute atomic E-state index is 0.0739. The topological polar surface area (TPSA) is 114 Å². The number of likely N-dealkylation sites (tertiary alicyclic amines) is 1. The van der Waals surface area contributed by atoms with Crippen molar-refractivity contribution in [2.45, 2.75) is 38.4 Å². The van der Waals surface area contributed by atoms with E-state index in [0.29, 0.717) is 30.2 Å². The number of hydrogen-bond acceptors (Lipinski definition) is 6.